The lowest BCUT2D eigenvalue weighted by Gasteiger charge is -2.35. The highest BCUT2D eigenvalue weighted by atomic mass is 35.5. The van der Waals surface area contributed by atoms with Crippen molar-refractivity contribution in [1.29, 1.82) is 0 Å². The molecule has 0 amide bonds. The first kappa shape index (κ1) is 67.2. The van der Waals surface area contributed by atoms with E-state index in [4.69, 9.17) is 9.47 Å². The van der Waals surface area contributed by atoms with Crippen molar-refractivity contribution in [3.63, 3.8) is 0 Å². The fraction of sp³-hybridized carbons (Fsp3) is 0.733. The zero-order valence-corrected chi connectivity index (χ0v) is 47.3. The summed E-state index contributed by atoms with van der Waals surface area (Å²) in [5.41, 5.74) is 4.32. The van der Waals surface area contributed by atoms with Crippen LogP contribution in [0.5, 0.6) is 0 Å². The molecule has 0 aliphatic heterocycles. The van der Waals surface area contributed by atoms with Crippen molar-refractivity contribution in [3.05, 3.63) is 59.7 Å². The van der Waals surface area contributed by atoms with Gasteiger partial charge in [0.05, 0.1) is 52.5 Å². The van der Waals surface area contributed by atoms with Crippen LogP contribution in [0.15, 0.2) is 58.5 Å². The summed E-state index contributed by atoms with van der Waals surface area (Å²) in [5, 5.41) is 0. The number of carbonyl (C=O) groups excluding carboxylic acids is 2. The summed E-state index contributed by atoms with van der Waals surface area (Å²) in [6, 6.07) is 16.9. The second-order valence-electron chi connectivity index (χ2n) is 19.8. The minimum atomic E-state index is -0.109. The molecule has 70 heavy (non-hydrogen) atoms. The van der Waals surface area contributed by atoms with Gasteiger partial charge in [0.25, 0.3) is 0 Å². The van der Waals surface area contributed by atoms with Crippen molar-refractivity contribution in [3.8, 4) is 0 Å². The second kappa shape index (κ2) is 44.9. The van der Waals surface area contributed by atoms with Gasteiger partial charge in [-0.3, -0.25) is 19.0 Å². The number of halogens is 2. The van der Waals surface area contributed by atoms with Crippen LogP contribution in [0.1, 0.15) is 232 Å². The molecule has 8 nitrogen and oxygen atoms in total. The van der Waals surface area contributed by atoms with Crippen LogP contribution in [-0.4, -0.2) is 89.9 Å². The first-order chi connectivity index (χ1) is 33.3. The van der Waals surface area contributed by atoms with Gasteiger partial charge in [-0.05, 0) is 100 Å². The average Bonchev–Trinajstić information content (AvgIpc) is 3.36. The molecule has 0 aromatic heterocycles. The molecule has 0 saturated heterocycles. The van der Waals surface area contributed by atoms with E-state index in [-0.39, 0.29) is 36.8 Å². The van der Waals surface area contributed by atoms with E-state index in [2.05, 4.69) is 100 Å². The Kier molecular flexibility index (Phi) is 43.1. The molecule has 0 atom stereocenters. The van der Waals surface area contributed by atoms with Gasteiger partial charge in [-0.2, -0.15) is 0 Å². The molecule has 0 bridgehead atoms. The third-order valence-electron chi connectivity index (χ3n) is 14.5. The van der Waals surface area contributed by atoms with Gasteiger partial charge in [0, 0.05) is 12.4 Å². The van der Waals surface area contributed by atoms with E-state index in [9.17, 15) is 9.59 Å². The highest BCUT2D eigenvalue weighted by Crippen LogP contribution is 2.25. The highest BCUT2D eigenvalue weighted by Gasteiger charge is 2.32. The third kappa shape index (κ3) is 30.3. The van der Waals surface area contributed by atoms with Crippen molar-refractivity contribution in [2.24, 2.45) is 9.98 Å². The van der Waals surface area contributed by atoms with Crippen LogP contribution in [0.25, 0.3) is 0 Å². The van der Waals surface area contributed by atoms with Gasteiger partial charge in [-0.15, -0.1) is 0 Å². The molecule has 0 saturated carbocycles. The number of benzene rings is 2. The van der Waals surface area contributed by atoms with Crippen LogP contribution in [0.2, 0.25) is 0 Å². The molecular weight excluding hydrogens is 912 g/mol. The van der Waals surface area contributed by atoms with Gasteiger partial charge in [-0.1, -0.05) is 181 Å². The second-order valence-corrected chi connectivity index (χ2v) is 19.8. The number of hydrogen-bond acceptors (Lipinski definition) is 6. The van der Waals surface area contributed by atoms with E-state index >= 15 is 0 Å². The van der Waals surface area contributed by atoms with Gasteiger partial charge in [0.15, 0.2) is 13.1 Å². The van der Waals surface area contributed by atoms with E-state index in [0.717, 1.165) is 74.4 Å². The quantitative estimate of drug-likeness (QED) is 0.0287. The number of likely N-dealkylation sites (N-methyl/N-ethyl adjacent to an activating group) is 2. The number of quaternary nitrogens is 2. The molecule has 2 aromatic carbocycles. The summed E-state index contributed by atoms with van der Waals surface area (Å²) in [4.78, 5) is 35.3. The van der Waals surface area contributed by atoms with Gasteiger partial charge in [-0.25, -0.2) is 9.59 Å². The smallest absolute Gasteiger partial charge is 0.362 e. The number of esters is 2. The minimum Gasteiger partial charge on any atom is -1.00 e. The molecule has 0 radical (unpaired) electrons. The number of ether oxygens (including phenoxy) is 2. The fourth-order valence-electron chi connectivity index (χ4n) is 9.57. The fourth-order valence-corrected chi connectivity index (χ4v) is 9.57. The molecule has 0 N–H and O–H groups in total. The van der Waals surface area contributed by atoms with Crippen LogP contribution < -0.4 is 33.8 Å². The summed E-state index contributed by atoms with van der Waals surface area (Å²) in [5.74, 6) is -0.218. The highest BCUT2D eigenvalue weighted by molar-refractivity contribution is 5.82. The maximum atomic E-state index is 13.0. The lowest BCUT2D eigenvalue weighted by atomic mass is 10.0. The lowest BCUT2D eigenvalue weighted by molar-refractivity contribution is -0.145. The van der Waals surface area contributed by atoms with E-state index in [1.54, 1.807) is 0 Å². The molecule has 0 spiro atoms. The maximum Gasteiger partial charge on any atom is 0.362 e. The lowest BCUT2D eigenvalue weighted by Crippen LogP contribution is -3.00. The zero-order valence-electron chi connectivity index (χ0n) is 45.8. The Morgan fingerprint density at radius 3 is 0.871 bits per heavy atom. The van der Waals surface area contributed by atoms with Crippen molar-refractivity contribution in [1.82, 2.24) is 8.97 Å². The largest absolute Gasteiger partial charge is 1.00 e. The standard InChI is InChI=1S/C60H104N4O4.2ClH/c1-7-13-15-17-19-21-23-25-27-29-31-33-35-37-49-67-59(65)53-63(9-3,10-4)57-43-39-55(40-44-57)51-61-47-48-62-52-56-41-45-58(46-42-56)64(11-5,12-6)54-60(66)68-50-38-36-34-32-30-28-26-24-22-20-18-16-14-8-2;;/h39-46,51-52H,7-38,47-50,53-54H2,1-6H3;2*1H/q+2;;/p-2. The summed E-state index contributed by atoms with van der Waals surface area (Å²) >= 11 is 0. The number of hydrogen-bond donors (Lipinski definition) is 0. The average molecular weight is 1020 g/mol. The number of rotatable bonds is 45. The summed E-state index contributed by atoms with van der Waals surface area (Å²) in [6.45, 7) is 19.4. The van der Waals surface area contributed by atoms with Crippen molar-refractivity contribution < 1.29 is 43.9 Å². The van der Waals surface area contributed by atoms with Gasteiger partial charge in [0.1, 0.15) is 11.4 Å². The van der Waals surface area contributed by atoms with Crippen molar-refractivity contribution in [2.45, 2.75) is 221 Å². The molecule has 0 unspecified atom stereocenters. The Labute approximate surface area is 443 Å². The van der Waals surface area contributed by atoms with Crippen LogP contribution >= 0.6 is 0 Å². The predicted octanol–water partition coefficient (Wildman–Crippen LogP) is 9.98. The van der Waals surface area contributed by atoms with Gasteiger partial charge >= 0.3 is 11.9 Å². The summed E-state index contributed by atoms with van der Waals surface area (Å²) in [6.07, 6.45) is 40.7. The summed E-state index contributed by atoms with van der Waals surface area (Å²) < 4.78 is 12.6. The first-order valence-corrected chi connectivity index (χ1v) is 28.6. The Hall–Kier alpha value is -2.78. The molecule has 2 rings (SSSR count). The van der Waals surface area contributed by atoms with E-state index in [1.807, 2.05) is 12.4 Å². The maximum absolute atomic E-state index is 13.0. The van der Waals surface area contributed by atoms with Crippen LogP contribution in [0.4, 0.5) is 11.4 Å². The number of nitrogens with zero attached hydrogens (tertiary/aromatic N) is 4. The molecule has 402 valence electrons. The molecule has 0 heterocycles. The van der Waals surface area contributed by atoms with E-state index in [0.29, 0.717) is 48.4 Å². The van der Waals surface area contributed by atoms with E-state index in [1.165, 1.54) is 154 Å². The minimum absolute atomic E-state index is 0. The molecular formula is C60H104Cl2N4O4. The summed E-state index contributed by atoms with van der Waals surface area (Å²) in [7, 11) is 0. The monoisotopic (exact) mass is 1010 g/mol. The predicted molar refractivity (Wildman–Crippen MR) is 296 cm³/mol. The Morgan fingerprint density at radius 2 is 0.629 bits per heavy atom. The zero-order chi connectivity index (χ0) is 49.2. The van der Waals surface area contributed by atoms with Crippen LogP contribution in [0, 0.1) is 0 Å². The van der Waals surface area contributed by atoms with Crippen molar-refractivity contribution >= 4 is 35.7 Å². The normalized spacial score (nSPS) is 11.8. The first-order valence-electron chi connectivity index (χ1n) is 28.6. The molecule has 10 heteroatoms. The number of aliphatic imine (C=N–C) groups is 2. The van der Waals surface area contributed by atoms with Crippen LogP contribution in [-0.2, 0) is 19.1 Å². The topological polar surface area (TPSA) is 77.3 Å². The molecule has 0 aliphatic carbocycles. The van der Waals surface area contributed by atoms with Gasteiger partial charge in [0.2, 0.25) is 0 Å². The van der Waals surface area contributed by atoms with E-state index < -0.39 is 0 Å². The van der Waals surface area contributed by atoms with Crippen LogP contribution in [0.3, 0.4) is 0 Å². The molecule has 0 fully saturated rings. The number of unbranched alkanes of at least 4 members (excludes halogenated alkanes) is 26. The molecule has 2 aromatic rings. The Balaban J connectivity index is 0.0000238. The Bertz CT molecular complexity index is 1460. The molecule has 0 aliphatic rings. The van der Waals surface area contributed by atoms with Gasteiger partial charge < -0.3 is 34.3 Å². The number of carbonyl (C=O) groups is 2. The Morgan fingerprint density at radius 1 is 0.386 bits per heavy atom. The van der Waals surface area contributed by atoms with Crippen molar-refractivity contribution in [2.75, 3.05) is 65.6 Å². The SMILES string of the molecule is CCCCCCCCCCCCCCCCOC(=O)C[N+](CC)(CC)c1ccc(C=NCCN=Cc2ccc([N+](CC)(CC)CC(=O)OCCCCCCCCCCCCCCCC)cc2)cc1.[Cl-].[Cl-]. The third-order valence-corrected chi connectivity index (χ3v) is 14.5.